The maximum Gasteiger partial charge on any atom is 0.410 e. The smallest absolute Gasteiger partial charge is 0.410 e. The highest BCUT2D eigenvalue weighted by atomic mass is 16.6. The number of hydrogen-bond acceptors (Lipinski definition) is 6. The SMILES string of the molecule is C[C@@H]1CN(c2ccc(C(=O)O)c3c2nnn3C)C[C@H](C)N1C(=O)OC(C)(C)C. The Hall–Kier alpha value is -2.84. The summed E-state index contributed by atoms with van der Waals surface area (Å²) in [7, 11) is 1.68. The molecule has 2 aromatic rings. The summed E-state index contributed by atoms with van der Waals surface area (Å²) in [5.74, 6) is -1.02. The van der Waals surface area contributed by atoms with Crippen LogP contribution >= 0.6 is 0 Å². The lowest BCUT2D eigenvalue weighted by Gasteiger charge is -2.45. The Morgan fingerprint density at radius 1 is 1.18 bits per heavy atom. The molecule has 0 spiro atoms. The molecule has 1 saturated heterocycles. The number of piperazine rings is 1. The van der Waals surface area contributed by atoms with Crippen LogP contribution in [0.25, 0.3) is 11.0 Å². The average Bonchev–Trinajstić information content (AvgIpc) is 2.93. The van der Waals surface area contributed by atoms with Gasteiger partial charge in [0.2, 0.25) is 0 Å². The van der Waals surface area contributed by atoms with E-state index in [-0.39, 0.29) is 23.7 Å². The van der Waals surface area contributed by atoms with Crippen LogP contribution in [0, 0.1) is 0 Å². The highest BCUT2D eigenvalue weighted by Gasteiger charge is 2.36. The minimum atomic E-state index is -1.02. The predicted molar refractivity (Wildman–Crippen MR) is 105 cm³/mol. The summed E-state index contributed by atoms with van der Waals surface area (Å²) in [5.41, 5.74) is 1.47. The van der Waals surface area contributed by atoms with Gasteiger partial charge in [0, 0.05) is 20.1 Å². The molecule has 1 N–H and O–H groups in total. The number of hydrogen-bond donors (Lipinski definition) is 1. The number of carbonyl (C=O) groups is 2. The second-order valence-electron chi connectivity index (χ2n) is 8.34. The molecule has 1 aromatic heterocycles. The third kappa shape index (κ3) is 3.61. The maximum absolute atomic E-state index is 12.6. The molecule has 0 aliphatic carbocycles. The quantitative estimate of drug-likeness (QED) is 0.842. The van der Waals surface area contributed by atoms with Gasteiger partial charge < -0.3 is 14.7 Å². The summed E-state index contributed by atoms with van der Waals surface area (Å²) < 4.78 is 7.03. The van der Waals surface area contributed by atoms with Crippen LogP contribution in [0.15, 0.2) is 12.1 Å². The van der Waals surface area contributed by atoms with Gasteiger partial charge in [0.25, 0.3) is 0 Å². The van der Waals surface area contributed by atoms with Crippen LogP contribution in [0.4, 0.5) is 10.5 Å². The molecule has 2 heterocycles. The molecule has 9 heteroatoms. The molecule has 1 aromatic carbocycles. The molecule has 1 amide bonds. The first-order chi connectivity index (χ1) is 13.0. The number of aryl methyl sites for hydroxylation is 1. The lowest BCUT2D eigenvalue weighted by atomic mass is 10.1. The summed E-state index contributed by atoms with van der Waals surface area (Å²) in [4.78, 5) is 28.0. The molecule has 1 aliphatic rings. The zero-order chi connectivity index (χ0) is 20.8. The van der Waals surface area contributed by atoms with E-state index < -0.39 is 11.6 Å². The maximum atomic E-state index is 12.6. The molecule has 0 unspecified atom stereocenters. The van der Waals surface area contributed by atoms with E-state index in [1.165, 1.54) is 4.68 Å². The first-order valence-electron chi connectivity index (χ1n) is 9.31. The Morgan fingerprint density at radius 2 is 1.79 bits per heavy atom. The van der Waals surface area contributed by atoms with Crippen molar-refractivity contribution in [2.24, 2.45) is 7.05 Å². The lowest BCUT2D eigenvalue weighted by molar-refractivity contribution is 0.00566. The minimum absolute atomic E-state index is 0.0792. The number of rotatable bonds is 2. The highest BCUT2D eigenvalue weighted by molar-refractivity contribution is 6.04. The van der Waals surface area contributed by atoms with Gasteiger partial charge in [-0.1, -0.05) is 5.21 Å². The topological polar surface area (TPSA) is 101 Å². The zero-order valence-corrected chi connectivity index (χ0v) is 17.1. The van der Waals surface area contributed by atoms with Gasteiger partial charge in [0.15, 0.2) is 0 Å². The molecular formula is C19H27N5O4. The van der Waals surface area contributed by atoms with E-state index in [0.29, 0.717) is 24.1 Å². The Labute approximate surface area is 163 Å². The predicted octanol–water partition coefficient (Wildman–Crippen LogP) is 2.50. The normalized spacial score (nSPS) is 20.5. The average molecular weight is 389 g/mol. The van der Waals surface area contributed by atoms with Gasteiger partial charge in [-0.05, 0) is 46.8 Å². The molecule has 1 fully saturated rings. The third-order valence-electron chi connectivity index (χ3n) is 4.83. The fourth-order valence-electron chi connectivity index (χ4n) is 3.77. The van der Waals surface area contributed by atoms with Crippen molar-refractivity contribution >= 4 is 28.8 Å². The summed E-state index contributed by atoms with van der Waals surface area (Å²) in [6.07, 6.45) is -0.321. The molecule has 1 aliphatic heterocycles. The number of fused-ring (bicyclic) bond motifs is 1. The van der Waals surface area contributed by atoms with E-state index in [9.17, 15) is 14.7 Å². The van der Waals surface area contributed by atoms with Crippen LogP contribution in [0.1, 0.15) is 45.0 Å². The van der Waals surface area contributed by atoms with Gasteiger partial charge >= 0.3 is 12.1 Å². The van der Waals surface area contributed by atoms with E-state index >= 15 is 0 Å². The van der Waals surface area contributed by atoms with E-state index in [4.69, 9.17) is 4.74 Å². The molecule has 9 nitrogen and oxygen atoms in total. The van der Waals surface area contributed by atoms with Crippen LogP contribution in [-0.2, 0) is 11.8 Å². The fraction of sp³-hybridized carbons (Fsp3) is 0.579. The summed E-state index contributed by atoms with van der Waals surface area (Å²) in [5, 5.41) is 17.7. The number of benzene rings is 1. The standard InChI is InChI=1S/C19H27N5O4/c1-11-9-23(10-12(2)24(11)18(27)28-19(3,4)5)14-8-7-13(17(25)26)16-15(14)20-21-22(16)6/h7-8,11-12H,9-10H2,1-6H3,(H,25,26)/t11-,12+. The number of carboxylic acid groups (broad SMARTS) is 1. The van der Waals surface area contributed by atoms with Gasteiger partial charge in [0.1, 0.15) is 16.6 Å². The number of carboxylic acids is 1. The van der Waals surface area contributed by atoms with Crippen molar-refractivity contribution in [2.75, 3.05) is 18.0 Å². The van der Waals surface area contributed by atoms with Crippen LogP contribution in [0.5, 0.6) is 0 Å². The second-order valence-corrected chi connectivity index (χ2v) is 8.34. The Bertz CT molecular complexity index is 905. The van der Waals surface area contributed by atoms with Gasteiger partial charge in [-0.25, -0.2) is 14.3 Å². The summed E-state index contributed by atoms with van der Waals surface area (Å²) in [6.45, 7) is 10.7. The molecule has 28 heavy (non-hydrogen) atoms. The Balaban J connectivity index is 1.91. The van der Waals surface area contributed by atoms with E-state index in [2.05, 4.69) is 15.2 Å². The Kier molecular flexibility index (Phi) is 4.95. The van der Waals surface area contributed by atoms with Crippen molar-refractivity contribution in [1.82, 2.24) is 19.9 Å². The number of carbonyl (C=O) groups excluding carboxylic acids is 1. The van der Waals surface area contributed by atoms with Crippen molar-refractivity contribution in [3.05, 3.63) is 17.7 Å². The number of aromatic carboxylic acids is 1. The zero-order valence-electron chi connectivity index (χ0n) is 17.1. The van der Waals surface area contributed by atoms with Crippen molar-refractivity contribution in [2.45, 2.75) is 52.3 Å². The highest BCUT2D eigenvalue weighted by Crippen LogP contribution is 2.31. The molecule has 152 valence electrons. The number of anilines is 1. The van der Waals surface area contributed by atoms with Crippen molar-refractivity contribution in [3.8, 4) is 0 Å². The van der Waals surface area contributed by atoms with Crippen molar-refractivity contribution in [3.63, 3.8) is 0 Å². The molecule has 2 atom stereocenters. The van der Waals surface area contributed by atoms with Gasteiger partial charge in [-0.15, -0.1) is 5.10 Å². The van der Waals surface area contributed by atoms with Gasteiger partial charge in [0.05, 0.1) is 23.3 Å². The molecule has 0 saturated carbocycles. The minimum Gasteiger partial charge on any atom is -0.478 e. The van der Waals surface area contributed by atoms with Gasteiger partial charge in [-0.3, -0.25) is 4.90 Å². The van der Waals surface area contributed by atoms with Gasteiger partial charge in [-0.2, -0.15) is 0 Å². The summed E-state index contributed by atoms with van der Waals surface area (Å²) >= 11 is 0. The molecule has 3 rings (SSSR count). The molecule has 0 bridgehead atoms. The third-order valence-corrected chi connectivity index (χ3v) is 4.83. The van der Waals surface area contributed by atoms with Crippen LogP contribution in [0.2, 0.25) is 0 Å². The first-order valence-corrected chi connectivity index (χ1v) is 9.31. The molecular weight excluding hydrogens is 362 g/mol. The number of ether oxygens (including phenoxy) is 1. The largest absolute Gasteiger partial charge is 0.478 e. The first kappa shape index (κ1) is 19.9. The Morgan fingerprint density at radius 3 is 2.32 bits per heavy atom. The van der Waals surface area contributed by atoms with Crippen molar-refractivity contribution in [1.29, 1.82) is 0 Å². The fourth-order valence-corrected chi connectivity index (χ4v) is 3.77. The van der Waals surface area contributed by atoms with E-state index in [1.54, 1.807) is 24.1 Å². The monoisotopic (exact) mass is 389 g/mol. The number of amides is 1. The molecule has 0 radical (unpaired) electrons. The van der Waals surface area contributed by atoms with E-state index in [0.717, 1.165) is 5.69 Å². The van der Waals surface area contributed by atoms with Crippen molar-refractivity contribution < 1.29 is 19.4 Å². The number of nitrogens with zero attached hydrogens (tertiary/aromatic N) is 5. The number of aromatic nitrogens is 3. The van der Waals surface area contributed by atoms with Crippen LogP contribution < -0.4 is 4.90 Å². The van der Waals surface area contributed by atoms with Crippen LogP contribution in [0.3, 0.4) is 0 Å². The van der Waals surface area contributed by atoms with Crippen LogP contribution in [-0.4, -0.2) is 67.8 Å². The second kappa shape index (κ2) is 6.96. The summed E-state index contributed by atoms with van der Waals surface area (Å²) in [6, 6.07) is 3.19. The lowest BCUT2D eigenvalue weighted by Crippen LogP contribution is -2.59. The van der Waals surface area contributed by atoms with E-state index in [1.807, 2.05) is 34.6 Å².